The van der Waals surface area contributed by atoms with E-state index in [4.69, 9.17) is 4.74 Å². The number of amides is 1. The van der Waals surface area contributed by atoms with E-state index < -0.39 is 15.9 Å². The topological polar surface area (TPSA) is 95.9 Å². The van der Waals surface area contributed by atoms with E-state index in [1.54, 1.807) is 19.9 Å². The van der Waals surface area contributed by atoms with Gasteiger partial charge in [-0.25, -0.2) is 8.42 Å². The van der Waals surface area contributed by atoms with Gasteiger partial charge in [-0.3, -0.25) is 4.79 Å². The number of benzene rings is 2. The van der Waals surface area contributed by atoms with Gasteiger partial charge < -0.3 is 15.2 Å². The third-order valence-electron chi connectivity index (χ3n) is 4.50. The molecule has 0 aliphatic carbocycles. The third-order valence-corrected chi connectivity index (χ3v) is 6.54. The van der Waals surface area contributed by atoms with E-state index in [2.05, 4.69) is 5.32 Å². The Balaban J connectivity index is 2.15. The zero-order valence-electron chi connectivity index (χ0n) is 16.5. The first kappa shape index (κ1) is 21.7. The minimum Gasteiger partial charge on any atom is -0.506 e. The van der Waals surface area contributed by atoms with Crippen LogP contribution in [0.1, 0.15) is 25.0 Å². The highest BCUT2D eigenvalue weighted by Crippen LogP contribution is 2.28. The molecule has 2 aromatic carbocycles. The fourth-order valence-corrected chi connectivity index (χ4v) is 4.18. The molecule has 0 unspecified atom stereocenters. The van der Waals surface area contributed by atoms with E-state index in [9.17, 15) is 18.3 Å². The van der Waals surface area contributed by atoms with Crippen molar-refractivity contribution in [2.45, 2.75) is 32.6 Å². The van der Waals surface area contributed by atoms with Crippen molar-refractivity contribution in [1.29, 1.82) is 0 Å². The summed E-state index contributed by atoms with van der Waals surface area (Å²) < 4.78 is 32.1. The molecule has 0 heterocycles. The second-order valence-corrected chi connectivity index (χ2v) is 8.24. The van der Waals surface area contributed by atoms with Crippen LogP contribution in [0.15, 0.2) is 41.3 Å². The van der Waals surface area contributed by atoms with Crippen LogP contribution in [-0.2, 0) is 14.8 Å². The van der Waals surface area contributed by atoms with Gasteiger partial charge in [0.2, 0.25) is 10.0 Å². The largest absolute Gasteiger partial charge is 0.506 e. The highest BCUT2D eigenvalue weighted by molar-refractivity contribution is 7.89. The van der Waals surface area contributed by atoms with E-state index in [0.717, 1.165) is 11.1 Å². The summed E-state index contributed by atoms with van der Waals surface area (Å²) in [5.74, 6) is -0.135. The fourth-order valence-electron chi connectivity index (χ4n) is 2.70. The number of nitrogens with one attached hydrogen (secondary N) is 1. The number of sulfonamides is 1. The minimum atomic E-state index is -3.70. The Hall–Kier alpha value is -2.58. The van der Waals surface area contributed by atoms with Gasteiger partial charge in [-0.15, -0.1) is 0 Å². The van der Waals surface area contributed by atoms with Crippen molar-refractivity contribution in [3.63, 3.8) is 0 Å². The molecule has 0 fully saturated rings. The summed E-state index contributed by atoms with van der Waals surface area (Å²) in [6.45, 7) is 7.72. The number of rotatable bonds is 8. The van der Waals surface area contributed by atoms with E-state index in [0.29, 0.717) is 18.8 Å². The summed E-state index contributed by atoms with van der Waals surface area (Å²) in [7, 11) is -3.70. The number of carbonyl (C=O) groups is 1. The average Bonchev–Trinajstić information content (AvgIpc) is 2.65. The molecular formula is C20H26N2O5S. The van der Waals surface area contributed by atoms with Gasteiger partial charge in [-0.05, 0) is 49.2 Å². The zero-order chi connectivity index (χ0) is 20.9. The lowest BCUT2D eigenvalue weighted by Crippen LogP contribution is -2.30. The van der Waals surface area contributed by atoms with Crippen LogP contribution in [-0.4, -0.2) is 43.4 Å². The van der Waals surface area contributed by atoms with Gasteiger partial charge in [-0.2, -0.15) is 4.31 Å². The first-order valence-corrected chi connectivity index (χ1v) is 10.5. The van der Waals surface area contributed by atoms with Crippen LogP contribution >= 0.6 is 0 Å². The highest BCUT2D eigenvalue weighted by atomic mass is 32.2. The molecule has 0 aromatic heterocycles. The van der Waals surface area contributed by atoms with Crippen LogP contribution in [0, 0.1) is 13.8 Å². The second-order valence-electron chi connectivity index (χ2n) is 6.30. The number of nitrogens with zero attached hydrogens (tertiary/aromatic N) is 1. The fraction of sp³-hybridized carbons (Fsp3) is 0.350. The maximum Gasteiger partial charge on any atom is 0.262 e. The molecule has 7 nitrogen and oxygen atoms in total. The Labute approximate surface area is 166 Å². The Bertz CT molecular complexity index is 953. The molecule has 2 aromatic rings. The lowest BCUT2D eigenvalue weighted by atomic mass is 10.1. The standard InChI is InChI=1S/C20H26N2O5S/c1-5-22(6-2)28(25,26)16-10-11-18(23)17(12-16)21-20(24)13-27-19-9-7-8-14(3)15(19)4/h7-12,23H,5-6,13H2,1-4H3,(H,21,24). The van der Waals surface area contributed by atoms with Gasteiger partial charge in [0.15, 0.2) is 6.61 Å². The Morgan fingerprint density at radius 2 is 1.82 bits per heavy atom. The van der Waals surface area contributed by atoms with Crippen molar-refractivity contribution in [1.82, 2.24) is 4.31 Å². The predicted molar refractivity (Wildman–Crippen MR) is 108 cm³/mol. The number of hydrogen-bond donors (Lipinski definition) is 2. The number of ether oxygens (including phenoxy) is 1. The molecule has 0 aliphatic rings. The lowest BCUT2D eigenvalue weighted by Gasteiger charge is -2.19. The highest BCUT2D eigenvalue weighted by Gasteiger charge is 2.23. The Kier molecular flexibility index (Phi) is 7.04. The van der Waals surface area contributed by atoms with E-state index in [1.807, 2.05) is 26.0 Å². The second kappa shape index (κ2) is 9.07. The number of carbonyl (C=O) groups excluding carboxylic acids is 1. The normalized spacial score (nSPS) is 11.5. The van der Waals surface area contributed by atoms with Gasteiger partial charge in [0, 0.05) is 13.1 Å². The van der Waals surface area contributed by atoms with Gasteiger partial charge in [0.05, 0.1) is 10.6 Å². The molecule has 0 atom stereocenters. The average molecular weight is 407 g/mol. The van der Waals surface area contributed by atoms with Crippen molar-refractivity contribution in [2.75, 3.05) is 25.0 Å². The Morgan fingerprint density at radius 3 is 2.46 bits per heavy atom. The molecule has 0 radical (unpaired) electrons. The number of aryl methyl sites for hydroxylation is 1. The number of aromatic hydroxyl groups is 1. The van der Waals surface area contributed by atoms with Crippen LogP contribution in [0.25, 0.3) is 0 Å². The van der Waals surface area contributed by atoms with Crippen molar-refractivity contribution >= 4 is 21.6 Å². The predicted octanol–water partition coefficient (Wildman–Crippen LogP) is 3.06. The smallest absolute Gasteiger partial charge is 0.262 e. The van der Waals surface area contributed by atoms with Crippen LogP contribution in [0.2, 0.25) is 0 Å². The summed E-state index contributed by atoms with van der Waals surface area (Å²) in [6.07, 6.45) is 0. The van der Waals surface area contributed by atoms with Crippen LogP contribution in [0.3, 0.4) is 0 Å². The molecule has 0 aliphatic heterocycles. The summed E-state index contributed by atoms with van der Waals surface area (Å²) in [5.41, 5.74) is 2.00. The van der Waals surface area contributed by atoms with E-state index in [-0.39, 0.29) is 22.9 Å². The molecule has 1 amide bonds. The first-order chi connectivity index (χ1) is 13.2. The van der Waals surface area contributed by atoms with Crippen LogP contribution in [0.4, 0.5) is 5.69 Å². The minimum absolute atomic E-state index is 0.000234. The number of phenols is 1. The molecule has 2 rings (SSSR count). The van der Waals surface area contributed by atoms with Gasteiger partial charge in [0.1, 0.15) is 11.5 Å². The molecule has 0 saturated heterocycles. The maximum atomic E-state index is 12.6. The quantitative estimate of drug-likeness (QED) is 0.657. The van der Waals surface area contributed by atoms with Crippen molar-refractivity contribution < 1.29 is 23.1 Å². The monoisotopic (exact) mass is 406 g/mol. The van der Waals surface area contributed by atoms with Crippen LogP contribution < -0.4 is 10.1 Å². The summed E-state index contributed by atoms with van der Waals surface area (Å²) in [5, 5.41) is 12.5. The maximum absolute atomic E-state index is 12.6. The molecule has 28 heavy (non-hydrogen) atoms. The molecule has 152 valence electrons. The Morgan fingerprint density at radius 1 is 1.14 bits per heavy atom. The number of anilines is 1. The van der Waals surface area contributed by atoms with Crippen molar-refractivity contribution in [2.24, 2.45) is 0 Å². The molecular weight excluding hydrogens is 380 g/mol. The van der Waals surface area contributed by atoms with Crippen LogP contribution in [0.5, 0.6) is 11.5 Å². The van der Waals surface area contributed by atoms with Gasteiger partial charge in [-0.1, -0.05) is 26.0 Å². The molecule has 0 spiro atoms. The summed E-state index contributed by atoms with van der Waals surface area (Å²) in [6, 6.07) is 9.36. The molecule has 2 N–H and O–H groups in total. The molecule has 8 heteroatoms. The summed E-state index contributed by atoms with van der Waals surface area (Å²) >= 11 is 0. The van der Waals surface area contributed by atoms with E-state index in [1.165, 1.54) is 22.5 Å². The van der Waals surface area contributed by atoms with Gasteiger partial charge >= 0.3 is 0 Å². The SMILES string of the molecule is CCN(CC)S(=O)(=O)c1ccc(O)c(NC(=O)COc2cccc(C)c2C)c1. The first-order valence-electron chi connectivity index (χ1n) is 9.02. The number of hydrogen-bond acceptors (Lipinski definition) is 5. The summed E-state index contributed by atoms with van der Waals surface area (Å²) in [4.78, 5) is 12.2. The molecule has 0 bridgehead atoms. The third kappa shape index (κ3) is 4.82. The van der Waals surface area contributed by atoms with Crippen molar-refractivity contribution in [3.8, 4) is 11.5 Å². The molecule has 0 saturated carbocycles. The zero-order valence-corrected chi connectivity index (χ0v) is 17.3. The van der Waals surface area contributed by atoms with Crippen molar-refractivity contribution in [3.05, 3.63) is 47.5 Å². The number of phenolic OH excluding ortho intramolecular Hbond substituents is 1. The lowest BCUT2D eigenvalue weighted by molar-refractivity contribution is -0.118. The van der Waals surface area contributed by atoms with Gasteiger partial charge in [0.25, 0.3) is 5.91 Å². The van der Waals surface area contributed by atoms with E-state index >= 15 is 0 Å².